The minimum absolute atomic E-state index is 0.0134. The Morgan fingerprint density at radius 3 is 2.47 bits per heavy atom. The summed E-state index contributed by atoms with van der Waals surface area (Å²) < 4.78 is 11.8. The average Bonchev–Trinajstić information content (AvgIpc) is 2.86. The molecule has 4 heteroatoms. The van der Waals surface area contributed by atoms with Gasteiger partial charge in [0.25, 0.3) is 0 Å². The monoisotopic (exact) mass is 456 g/mol. The molecule has 1 unspecified atom stereocenters. The first kappa shape index (κ1) is 22.9. The summed E-state index contributed by atoms with van der Waals surface area (Å²) in [6.45, 7) is 8.77. The van der Waals surface area contributed by atoms with Crippen molar-refractivity contribution in [2.24, 2.45) is 11.1 Å². The number of benzene rings is 3. The Hall–Kier alpha value is -2.82. The van der Waals surface area contributed by atoms with E-state index >= 15 is 0 Å². The van der Waals surface area contributed by atoms with Gasteiger partial charge in [-0.2, -0.15) is 0 Å². The molecule has 2 saturated heterocycles. The van der Waals surface area contributed by atoms with Crippen LogP contribution in [0.15, 0.2) is 66.7 Å². The van der Waals surface area contributed by atoms with Crippen molar-refractivity contribution >= 4 is 5.69 Å². The molecule has 2 aliphatic heterocycles. The van der Waals surface area contributed by atoms with Crippen LogP contribution in [0.5, 0.6) is 5.75 Å². The van der Waals surface area contributed by atoms with Crippen molar-refractivity contribution in [1.29, 1.82) is 0 Å². The molecule has 3 aromatic rings. The first-order valence-electron chi connectivity index (χ1n) is 12.6. The van der Waals surface area contributed by atoms with E-state index in [1.165, 1.54) is 40.8 Å². The quantitative estimate of drug-likeness (QED) is 0.464. The molecule has 4 nitrogen and oxygen atoms in total. The highest BCUT2D eigenvalue weighted by Crippen LogP contribution is 2.40. The molecule has 34 heavy (non-hydrogen) atoms. The highest BCUT2D eigenvalue weighted by molar-refractivity contribution is 5.70. The van der Waals surface area contributed by atoms with Gasteiger partial charge in [0.2, 0.25) is 0 Å². The van der Waals surface area contributed by atoms with Crippen LogP contribution in [0.4, 0.5) is 5.69 Å². The van der Waals surface area contributed by atoms with Gasteiger partial charge in [0.05, 0.1) is 13.2 Å². The third kappa shape index (κ3) is 4.84. The van der Waals surface area contributed by atoms with Crippen molar-refractivity contribution in [2.45, 2.75) is 45.8 Å². The predicted octanol–water partition coefficient (Wildman–Crippen LogP) is 6.13. The molecule has 0 aromatic heterocycles. The number of para-hydroxylation sites is 1. The van der Waals surface area contributed by atoms with Crippen LogP contribution in [0.1, 0.15) is 49.4 Å². The Labute approximate surface area is 203 Å². The summed E-state index contributed by atoms with van der Waals surface area (Å²) >= 11 is 0. The zero-order valence-corrected chi connectivity index (χ0v) is 20.4. The van der Waals surface area contributed by atoms with E-state index in [4.69, 9.17) is 15.2 Å². The Morgan fingerprint density at radius 2 is 1.76 bits per heavy atom. The summed E-state index contributed by atoms with van der Waals surface area (Å²) in [5.74, 6) is 0.973. The maximum absolute atomic E-state index is 6.31. The molecular formula is C30H36N2O2. The number of ether oxygens (including phenoxy) is 2. The molecule has 2 aliphatic rings. The van der Waals surface area contributed by atoms with Crippen molar-refractivity contribution in [3.05, 3.63) is 83.4 Å². The third-order valence-corrected chi connectivity index (χ3v) is 7.48. The first-order valence-corrected chi connectivity index (χ1v) is 12.6. The van der Waals surface area contributed by atoms with Gasteiger partial charge in [-0.05, 0) is 84.3 Å². The fraction of sp³-hybridized carbons (Fsp3) is 0.400. The van der Waals surface area contributed by atoms with E-state index in [-0.39, 0.29) is 6.04 Å². The average molecular weight is 457 g/mol. The Morgan fingerprint density at radius 1 is 0.971 bits per heavy atom. The second-order valence-electron chi connectivity index (χ2n) is 10.0. The maximum atomic E-state index is 6.31. The number of hydrogen-bond acceptors (Lipinski definition) is 4. The largest absolute Gasteiger partial charge is 0.489 e. The van der Waals surface area contributed by atoms with Crippen LogP contribution in [-0.4, -0.2) is 26.3 Å². The minimum Gasteiger partial charge on any atom is -0.489 e. The molecule has 2 fully saturated rings. The molecular weight excluding hydrogens is 420 g/mol. The zero-order chi connectivity index (χ0) is 23.5. The molecule has 178 valence electrons. The Kier molecular flexibility index (Phi) is 6.62. The van der Waals surface area contributed by atoms with Crippen LogP contribution in [0, 0.1) is 5.41 Å². The lowest BCUT2D eigenvalue weighted by Crippen LogP contribution is -2.50. The minimum atomic E-state index is 0.0134. The lowest BCUT2D eigenvalue weighted by atomic mass is 9.76. The molecule has 1 atom stereocenters. The smallest absolute Gasteiger partial charge is 0.122 e. The number of hydrogen-bond donors (Lipinski definition) is 1. The SMILES string of the molecule is CCc1ccccc1OCc1cc(-c2cccc(C(C)N)c2)cc(N2CCC3(CC2)COC3)c1. The molecule has 2 N–H and O–H groups in total. The van der Waals surface area contributed by atoms with Gasteiger partial charge < -0.3 is 20.1 Å². The lowest BCUT2D eigenvalue weighted by molar-refractivity contribution is -0.124. The number of nitrogens with two attached hydrogens (primary N) is 1. The van der Waals surface area contributed by atoms with E-state index in [1.54, 1.807) is 0 Å². The summed E-state index contributed by atoms with van der Waals surface area (Å²) in [6.07, 6.45) is 3.37. The molecule has 5 rings (SSSR count). The summed E-state index contributed by atoms with van der Waals surface area (Å²) in [5, 5.41) is 0. The predicted molar refractivity (Wildman–Crippen MR) is 139 cm³/mol. The van der Waals surface area contributed by atoms with Gasteiger partial charge in [-0.3, -0.25) is 0 Å². The number of piperidine rings is 1. The highest BCUT2D eigenvalue weighted by Gasteiger charge is 2.41. The molecule has 1 spiro atoms. The van der Waals surface area contributed by atoms with Crippen LogP contribution in [0.3, 0.4) is 0 Å². The first-order chi connectivity index (χ1) is 16.5. The highest BCUT2D eigenvalue weighted by atomic mass is 16.5. The van der Waals surface area contributed by atoms with Crippen molar-refractivity contribution in [3.8, 4) is 16.9 Å². The summed E-state index contributed by atoms with van der Waals surface area (Å²) in [4.78, 5) is 2.53. The normalized spacial score (nSPS) is 17.9. The van der Waals surface area contributed by atoms with Crippen molar-refractivity contribution in [2.75, 3.05) is 31.2 Å². The van der Waals surface area contributed by atoms with Crippen LogP contribution in [-0.2, 0) is 17.8 Å². The summed E-state index contributed by atoms with van der Waals surface area (Å²) in [6, 6.07) is 23.9. The van der Waals surface area contributed by atoms with E-state index in [9.17, 15) is 0 Å². The third-order valence-electron chi connectivity index (χ3n) is 7.48. The molecule has 2 heterocycles. The van der Waals surface area contributed by atoms with Gasteiger partial charge in [-0.1, -0.05) is 43.3 Å². The zero-order valence-electron chi connectivity index (χ0n) is 20.4. The van der Waals surface area contributed by atoms with Crippen LogP contribution in [0.25, 0.3) is 11.1 Å². The van der Waals surface area contributed by atoms with E-state index in [0.29, 0.717) is 12.0 Å². The summed E-state index contributed by atoms with van der Waals surface area (Å²) in [5.41, 5.74) is 13.9. The standard InChI is InChI=1S/C30H36N2O2/c1-3-24-7-4-5-10-29(24)34-19-23-15-27(26-9-6-8-25(17-26)22(2)31)18-28(16-23)32-13-11-30(12-14-32)20-33-21-30/h4-10,15-18,22H,3,11-14,19-21,31H2,1-2H3. The molecule has 0 aliphatic carbocycles. The van der Waals surface area contributed by atoms with Gasteiger partial charge >= 0.3 is 0 Å². The molecule has 3 aromatic carbocycles. The van der Waals surface area contributed by atoms with Crippen LogP contribution in [0.2, 0.25) is 0 Å². The van der Waals surface area contributed by atoms with E-state index in [2.05, 4.69) is 72.5 Å². The lowest BCUT2D eigenvalue weighted by Gasteiger charge is -2.48. The van der Waals surface area contributed by atoms with Crippen LogP contribution < -0.4 is 15.4 Å². The maximum Gasteiger partial charge on any atom is 0.122 e. The molecule has 0 bridgehead atoms. The van der Waals surface area contributed by atoms with Crippen LogP contribution >= 0.6 is 0 Å². The number of aryl methyl sites for hydroxylation is 1. The Balaban J connectivity index is 1.44. The summed E-state index contributed by atoms with van der Waals surface area (Å²) in [7, 11) is 0. The van der Waals surface area contributed by atoms with E-state index in [0.717, 1.165) is 44.0 Å². The van der Waals surface area contributed by atoms with Crippen molar-refractivity contribution < 1.29 is 9.47 Å². The number of nitrogens with zero attached hydrogens (tertiary/aromatic N) is 1. The van der Waals surface area contributed by atoms with Gasteiger partial charge in [0, 0.05) is 30.2 Å². The Bertz CT molecular complexity index is 1130. The van der Waals surface area contributed by atoms with Crippen molar-refractivity contribution in [3.63, 3.8) is 0 Å². The second-order valence-corrected chi connectivity index (χ2v) is 10.0. The molecule has 0 amide bonds. The fourth-order valence-corrected chi connectivity index (χ4v) is 5.12. The van der Waals surface area contributed by atoms with Gasteiger partial charge in [-0.25, -0.2) is 0 Å². The van der Waals surface area contributed by atoms with Gasteiger partial charge in [-0.15, -0.1) is 0 Å². The van der Waals surface area contributed by atoms with Crippen molar-refractivity contribution in [1.82, 2.24) is 0 Å². The van der Waals surface area contributed by atoms with E-state index in [1.807, 2.05) is 13.0 Å². The second kappa shape index (κ2) is 9.81. The number of anilines is 1. The molecule has 0 saturated carbocycles. The number of rotatable bonds is 7. The topological polar surface area (TPSA) is 47.7 Å². The molecule has 0 radical (unpaired) electrons. The van der Waals surface area contributed by atoms with Gasteiger partial charge in [0.1, 0.15) is 12.4 Å². The van der Waals surface area contributed by atoms with Gasteiger partial charge in [0.15, 0.2) is 0 Å². The van der Waals surface area contributed by atoms with E-state index < -0.39 is 0 Å². The fourth-order valence-electron chi connectivity index (χ4n) is 5.12.